The molecule has 0 fully saturated rings. The van der Waals surface area contributed by atoms with Crippen LogP contribution in [0.2, 0.25) is 0 Å². The molecular formula is C16H18N2O6S2. The molecule has 10 heteroatoms. The zero-order valence-corrected chi connectivity index (χ0v) is 15.6. The summed E-state index contributed by atoms with van der Waals surface area (Å²) < 4.78 is 62.4. The molecule has 1 aliphatic rings. The van der Waals surface area contributed by atoms with Crippen LogP contribution < -0.4 is 14.2 Å². The lowest BCUT2D eigenvalue weighted by molar-refractivity contribution is 0.171. The van der Waals surface area contributed by atoms with Gasteiger partial charge in [-0.2, -0.15) is 0 Å². The Balaban J connectivity index is 2.01. The lowest BCUT2D eigenvalue weighted by atomic mass is 10.2. The molecular weight excluding hydrogens is 380 g/mol. The first-order chi connectivity index (χ1) is 12.3. The minimum absolute atomic E-state index is 0.0194. The third-order valence-corrected chi connectivity index (χ3v) is 6.59. The Morgan fingerprint density at radius 1 is 1.12 bits per heavy atom. The minimum Gasteiger partial charge on any atom is -0.486 e. The summed E-state index contributed by atoms with van der Waals surface area (Å²) in [5.41, 5.74) is 0.388. The molecule has 140 valence electrons. The molecule has 1 aliphatic heterocycles. The maximum Gasteiger partial charge on any atom is 0.208 e. The topological polar surface area (TPSA) is 112 Å². The normalized spacial score (nSPS) is 15.4. The van der Waals surface area contributed by atoms with E-state index in [4.69, 9.17) is 9.47 Å². The summed E-state index contributed by atoms with van der Waals surface area (Å²) in [5, 5.41) is -1.13. The van der Waals surface area contributed by atoms with Crippen LogP contribution in [0.15, 0.2) is 47.6 Å². The quantitative estimate of drug-likeness (QED) is 0.770. The Kier molecular flexibility index (Phi) is 5.17. The van der Waals surface area contributed by atoms with Gasteiger partial charge in [-0.3, -0.25) is 4.98 Å². The average Bonchev–Trinajstić information content (AvgIpc) is 2.61. The molecule has 0 spiro atoms. The summed E-state index contributed by atoms with van der Waals surface area (Å²) in [6.07, 6.45) is 3.90. The fraction of sp³-hybridized carbons (Fsp3) is 0.312. The van der Waals surface area contributed by atoms with Crippen LogP contribution in [0.3, 0.4) is 0 Å². The third kappa shape index (κ3) is 4.14. The zero-order chi connectivity index (χ0) is 18.8. The van der Waals surface area contributed by atoms with Gasteiger partial charge < -0.3 is 9.47 Å². The van der Waals surface area contributed by atoms with E-state index in [0.717, 1.165) is 6.26 Å². The molecule has 26 heavy (non-hydrogen) atoms. The van der Waals surface area contributed by atoms with Gasteiger partial charge in [0, 0.05) is 25.0 Å². The highest BCUT2D eigenvalue weighted by Crippen LogP contribution is 2.36. The molecule has 0 bridgehead atoms. The Bertz CT molecular complexity index is 991. The number of aromatic nitrogens is 1. The van der Waals surface area contributed by atoms with Crippen molar-refractivity contribution in [3.63, 3.8) is 0 Å². The molecule has 3 rings (SSSR count). The predicted octanol–water partition coefficient (Wildman–Crippen LogP) is 0.917. The monoisotopic (exact) mass is 398 g/mol. The van der Waals surface area contributed by atoms with E-state index in [9.17, 15) is 16.8 Å². The van der Waals surface area contributed by atoms with Gasteiger partial charge in [0.2, 0.25) is 10.0 Å². The second kappa shape index (κ2) is 7.22. The van der Waals surface area contributed by atoms with E-state index >= 15 is 0 Å². The van der Waals surface area contributed by atoms with Gasteiger partial charge in [0.1, 0.15) is 18.5 Å². The van der Waals surface area contributed by atoms with Crippen LogP contribution >= 0.6 is 0 Å². The first-order valence-corrected chi connectivity index (χ1v) is 11.2. The van der Waals surface area contributed by atoms with Crippen molar-refractivity contribution in [1.82, 2.24) is 9.71 Å². The second-order valence-corrected chi connectivity index (χ2v) is 9.71. The number of sulfonamides is 1. The molecule has 2 heterocycles. The summed E-state index contributed by atoms with van der Waals surface area (Å²) in [4.78, 5) is 3.96. The maximum atomic E-state index is 13.2. The van der Waals surface area contributed by atoms with Gasteiger partial charge in [-0.05, 0) is 23.8 Å². The number of hydrogen-bond acceptors (Lipinski definition) is 7. The van der Waals surface area contributed by atoms with Gasteiger partial charge in [-0.1, -0.05) is 6.07 Å². The number of fused-ring (bicyclic) bond motifs is 1. The zero-order valence-electron chi connectivity index (χ0n) is 14.0. The fourth-order valence-corrected chi connectivity index (χ4v) is 4.80. The molecule has 0 saturated carbocycles. The molecule has 0 radical (unpaired) electrons. The average molecular weight is 398 g/mol. The van der Waals surface area contributed by atoms with Gasteiger partial charge >= 0.3 is 0 Å². The van der Waals surface area contributed by atoms with E-state index in [2.05, 4.69) is 9.71 Å². The third-order valence-electron chi connectivity index (χ3n) is 3.80. The van der Waals surface area contributed by atoms with Crippen molar-refractivity contribution >= 4 is 19.9 Å². The Labute approximate surface area is 152 Å². The first-order valence-electron chi connectivity index (χ1n) is 7.75. The number of nitrogens with one attached hydrogen (secondary N) is 1. The molecule has 2 aromatic rings. The lowest BCUT2D eigenvalue weighted by Crippen LogP contribution is -2.31. The van der Waals surface area contributed by atoms with E-state index in [-0.39, 0.29) is 11.4 Å². The number of ether oxygens (including phenoxy) is 2. The summed E-state index contributed by atoms with van der Waals surface area (Å²) >= 11 is 0. The molecule has 0 amide bonds. The largest absolute Gasteiger partial charge is 0.486 e. The van der Waals surface area contributed by atoms with Crippen LogP contribution in [0.5, 0.6) is 11.5 Å². The van der Waals surface area contributed by atoms with Gasteiger partial charge in [-0.25, -0.2) is 21.6 Å². The molecule has 0 saturated heterocycles. The summed E-state index contributed by atoms with van der Waals surface area (Å²) in [5.74, 6) is 0.820. The summed E-state index contributed by atoms with van der Waals surface area (Å²) in [6.45, 7) is 0.426. The van der Waals surface area contributed by atoms with Crippen molar-refractivity contribution < 1.29 is 26.3 Å². The Morgan fingerprint density at radius 2 is 1.85 bits per heavy atom. The molecule has 0 unspecified atom stereocenters. The first kappa shape index (κ1) is 18.6. The van der Waals surface area contributed by atoms with Gasteiger partial charge in [0.05, 0.1) is 11.2 Å². The highest BCUT2D eigenvalue weighted by Gasteiger charge is 2.31. The van der Waals surface area contributed by atoms with Crippen LogP contribution in [0.4, 0.5) is 0 Å². The van der Waals surface area contributed by atoms with Crippen molar-refractivity contribution in [2.45, 2.75) is 10.1 Å². The Hall–Kier alpha value is -2.17. The number of benzene rings is 1. The maximum absolute atomic E-state index is 13.2. The van der Waals surface area contributed by atoms with Crippen molar-refractivity contribution in [2.75, 3.05) is 26.0 Å². The SMILES string of the molecule is CS(=O)(=O)NC[C@H](c1cccnc1)S(=O)(=O)c1ccc2c(c1)OCCO2. The Morgan fingerprint density at radius 3 is 2.50 bits per heavy atom. The van der Waals surface area contributed by atoms with Gasteiger partial charge in [-0.15, -0.1) is 0 Å². The second-order valence-electron chi connectivity index (χ2n) is 5.75. The van der Waals surface area contributed by atoms with Gasteiger partial charge in [0.15, 0.2) is 21.3 Å². The number of sulfone groups is 1. The fourth-order valence-electron chi connectivity index (χ4n) is 2.57. The van der Waals surface area contributed by atoms with Crippen LogP contribution in [-0.2, 0) is 19.9 Å². The highest BCUT2D eigenvalue weighted by molar-refractivity contribution is 7.92. The number of rotatable bonds is 6. The molecule has 1 atom stereocenters. The van der Waals surface area contributed by atoms with Crippen LogP contribution in [0.25, 0.3) is 0 Å². The number of pyridine rings is 1. The number of nitrogens with zero attached hydrogens (tertiary/aromatic N) is 1. The number of hydrogen-bond donors (Lipinski definition) is 1. The highest BCUT2D eigenvalue weighted by atomic mass is 32.2. The summed E-state index contributed by atoms with van der Waals surface area (Å²) in [7, 11) is -7.48. The molecule has 8 nitrogen and oxygen atoms in total. The van der Waals surface area contributed by atoms with Crippen molar-refractivity contribution in [2.24, 2.45) is 0 Å². The van der Waals surface area contributed by atoms with Crippen LogP contribution in [0, 0.1) is 0 Å². The van der Waals surface area contributed by atoms with Crippen molar-refractivity contribution in [3.05, 3.63) is 48.3 Å². The standard InChI is InChI=1S/C16H18N2O6S2/c1-25(19,20)18-11-16(12-3-2-6-17-10-12)26(21,22)13-4-5-14-15(9-13)24-8-7-23-14/h2-6,9-10,16,18H,7-8,11H2,1H3/t16-/m1/s1. The lowest BCUT2D eigenvalue weighted by Gasteiger charge is -2.21. The van der Waals surface area contributed by atoms with Crippen molar-refractivity contribution in [3.8, 4) is 11.5 Å². The van der Waals surface area contributed by atoms with E-state index in [1.165, 1.54) is 30.6 Å². The summed E-state index contributed by atoms with van der Waals surface area (Å²) in [6, 6.07) is 7.55. The van der Waals surface area contributed by atoms with Crippen LogP contribution in [-0.4, -0.2) is 47.8 Å². The van der Waals surface area contributed by atoms with Gasteiger partial charge in [0.25, 0.3) is 0 Å². The van der Waals surface area contributed by atoms with E-state index in [1.54, 1.807) is 12.1 Å². The molecule has 1 aromatic heterocycles. The predicted molar refractivity (Wildman–Crippen MR) is 94.4 cm³/mol. The van der Waals surface area contributed by atoms with E-state index in [0.29, 0.717) is 30.3 Å². The van der Waals surface area contributed by atoms with Crippen molar-refractivity contribution in [1.29, 1.82) is 0 Å². The van der Waals surface area contributed by atoms with E-state index < -0.39 is 25.1 Å². The van der Waals surface area contributed by atoms with Crippen LogP contribution in [0.1, 0.15) is 10.8 Å². The van der Waals surface area contributed by atoms with E-state index in [1.807, 2.05) is 0 Å². The minimum atomic E-state index is -3.91. The molecule has 0 aliphatic carbocycles. The molecule has 1 aromatic carbocycles. The smallest absolute Gasteiger partial charge is 0.208 e. The molecule has 1 N–H and O–H groups in total.